The van der Waals surface area contributed by atoms with Gasteiger partial charge in [0.05, 0.1) is 5.69 Å². The average molecular weight is 412 g/mol. The Kier molecular flexibility index (Phi) is 6.63. The van der Waals surface area contributed by atoms with Crippen LogP contribution in [0.4, 0.5) is 11.5 Å². The van der Waals surface area contributed by atoms with E-state index in [9.17, 15) is 0 Å². The van der Waals surface area contributed by atoms with Gasteiger partial charge in [-0.3, -0.25) is 0 Å². The zero-order valence-corrected chi connectivity index (χ0v) is 16.3. The molecule has 1 aromatic heterocycles. The highest BCUT2D eigenvalue weighted by Gasteiger charge is 2.05. The minimum absolute atomic E-state index is 0.663. The summed E-state index contributed by atoms with van der Waals surface area (Å²) < 4.78 is 6.72. The molecule has 0 atom stereocenters. The number of hydrogen-bond acceptors (Lipinski definition) is 4. The number of likely N-dealkylation sites (N-methyl/N-ethyl adjacent to an activating group) is 1. The van der Waals surface area contributed by atoms with Crippen LogP contribution in [0, 0.1) is 0 Å². The minimum atomic E-state index is 0.663. The molecule has 134 valence electrons. The van der Waals surface area contributed by atoms with Gasteiger partial charge in [-0.25, -0.2) is 4.98 Å². The van der Waals surface area contributed by atoms with Gasteiger partial charge in [-0.05, 0) is 49.0 Å². The SMILES string of the molecule is CCNCCOc1ccc(Nc2cccc(-c3ccccc3Br)n2)cc1. The Bertz CT molecular complexity index is 837. The molecule has 0 aliphatic carbocycles. The highest BCUT2D eigenvalue weighted by atomic mass is 79.9. The number of anilines is 2. The molecule has 0 spiro atoms. The number of benzene rings is 2. The zero-order chi connectivity index (χ0) is 18.2. The third kappa shape index (κ3) is 5.07. The molecule has 0 aliphatic rings. The van der Waals surface area contributed by atoms with Crippen LogP contribution in [0.15, 0.2) is 71.2 Å². The molecule has 3 aromatic rings. The predicted molar refractivity (Wildman–Crippen MR) is 111 cm³/mol. The van der Waals surface area contributed by atoms with E-state index in [0.29, 0.717) is 6.61 Å². The molecular formula is C21H22BrN3O. The van der Waals surface area contributed by atoms with Crippen molar-refractivity contribution in [1.82, 2.24) is 10.3 Å². The second kappa shape index (κ2) is 9.36. The fourth-order valence-electron chi connectivity index (χ4n) is 2.52. The van der Waals surface area contributed by atoms with E-state index in [1.807, 2.05) is 60.7 Å². The van der Waals surface area contributed by atoms with Crippen molar-refractivity contribution in [1.29, 1.82) is 0 Å². The Morgan fingerprint density at radius 3 is 2.54 bits per heavy atom. The zero-order valence-electron chi connectivity index (χ0n) is 14.7. The maximum atomic E-state index is 5.69. The van der Waals surface area contributed by atoms with Gasteiger partial charge in [-0.15, -0.1) is 0 Å². The van der Waals surface area contributed by atoms with Crippen LogP contribution in [0.1, 0.15) is 6.92 Å². The number of aromatic nitrogens is 1. The van der Waals surface area contributed by atoms with Crippen LogP contribution in [0.2, 0.25) is 0 Å². The first-order valence-corrected chi connectivity index (χ1v) is 9.48. The van der Waals surface area contributed by atoms with Crippen molar-refractivity contribution in [2.45, 2.75) is 6.92 Å². The number of nitrogens with zero attached hydrogens (tertiary/aromatic N) is 1. The molecule has 0 amide bonds. The molecular weight excluding hydrogens is 390 g/mol. The fraction of sp³-hybridized carbons (Fsp3) is 0.190. The molecule has 0 saturated carbocycles. The number of ether oxygens (including phenoxy) is 1. The molecule has 5 heteroatoms. The van der Waals surface area contributed by atoms with E-state index in [-0.39, 0.29) is 0 Å². The van der Waals surface area contributed by atoms with Gasteiger partial charge in [0, 0.05) is 22.3 Å². The molecule has 0 saturated heterocycles. The normalized spacial score (nSPS) is 10.5. The summed E-state index contributed by atoms with van der Waals surface area (Å²) in [6.07, 6.45) is 0. The summed E-state index contributed by atoms with van der Waals surface area (Å²) in [5.74, 6) is 1.67. The van der Waals surface area contributed by atoms with Crippen molar-refractivity contribution in [3.8, 4) is 17.0 Å². The Hall–Kier alpha value is -2.37. The fourth-order valence-corrected chi connectivity index (χ4v) is 3.01. The number of hydrogen-bond donors (Lipinski definition) is 2. The number of nitrogens with one attached hydrogen (secondary N) is 2. The molecule has 0 unspecified atom stereocenters. The van der Waals surface area contributed by atoms with E-state index in [2.05, 4.69) is 39.6 Å². The maximum Gasteiger partial charge on any atom is 0.131 e. The Morgan fingerprint density at radius 1 is 0.962 bits per heavy atom. The van der Waals surface area contributed by atoms with Crippen molar-refractivity contribution in [2.24, 2.45) is 0 Å². The molecule has 0 aliphatic heterocycles. The van der Waals surface area contributed by atoms with Crippen molar-refractivity contribution in [3.05, 3.63) is 71.2 Å². The van der Waals surface area contributed by atoms with Gasteiger partial charge in [-0.2, -0.15) is 0 Å². The number of rotatable bonds is 8. The van der Waals surface area contributed by atoms with Crippen LogP contribution in [-0.2, 0) is 0 Å². The Labute approximate surface area is 162 Å². The van der Waals surface area contributed by atoms with Crippen molar-refractivity contribution in [2.75, 3.05) is 25.0 Å². The first-order chi connectivity index (χ1) is 12.8. The van der Waals surface area contributed by atoms with Crippen molar-refractivity contribution < 1.29 is 4.74 Å². The molecule has 3 rings (SSSR count). The van der Waals surface area contributed by atoms with Crippen LogP contribution in [-0.4, -0.2) is 24.7 Å². The number of halogens is 1. The molecule has 26 heavy (non-hydrogen) atoms. The molecule has 2 aromatic carbocycles. The van der Waals surface area contributed by atoms with Gasteiger partial charge in [0.25, 0.3) is 0 Å². The van der Waals surface area contributed by atoms with E-state index < -0.39 is 0 Å². The summed E-state index contributed by atoms with van der Waals surface area (Å²) in [7, 11) is 0. The highest BCUT2D eigenvalue weighted by Crippen LogP contribution is 2.28. The molecule has 1 heterocycles. The standard InChI is InChI=1S/C21H22BrN3O/c1-2-23-14-15-26-17-12-10-16(11-13-17)24-21-9-5-8-20(25-21)18-6-3-4-7-19(18)22/h3-13,23H,2,14-15H2,1H3,(H,24,25). The van der Waals surface area contributed by atoms with Crippen LogP contribution >= 0.6 is 15.9 Å². The van der Waals surface area contributed by atoms with Crippen molar-refractivity contribution in [3.63, 3.8) is 0 Å². The highest BCUT2D eigenvalue weighted by molar-refractivity contribution is 9.10. The van der Waals surface area contributed by atoms with Crippen LogP contribution in [0.25, 0.3) is 11.3 Å². The van der Waals surface area contributed by atoms with Gasteiger partial charge in [-0.1, -0.05) is 47.1 Å². The lowest BCUT2D eigenvalue weighted by atomic mass is 10.1. The van der Waals surface area contributed by atoms with E-state index in [0.717, 1.165) is 46.1 Å². The average Bonchev–Trinajstić information content (AvgIpc) is 2.67. The summed E-state index contributed by atoms with van der Waals surface area (Å²) in [6, 6.07) is 22.0. The summed E-state index contributed by atoms with van der Waals surface area (Å²) in [6.45, 7) is 4.55. The summed E-state index contributed by atoms with van der Waals surface area (Å²) >= 11 is 3.58. The van der Waals surface area contributed by atoms with Gasteiger partial charge in [0.1, 0.15) is 18.2 Å². The van der Waals surface area contributed by atoms with E-state index in [1.165, 1.54) is 0 Å². The van der Waals surface area contributed by atoms with Gasteiger partial charge in [0.15, 0.2) is 0 Å². The molecule has 0 fully saturated rings. The topological polar surface area (TPSA) is 46.2 Å². The second-order valence-electron chi connectivity index (χ2n) is 5.74. The predicted octanol–water partition coefficient (Wildman–Crippen LogP) is 5.24. The molecule has 4 nitrogen and oxygen atoms in total. The van der Waals surface area contributed by atoms with Crippen molar-refractivity contribution >= 4 is 27.4 Å². The van der Waals surface area contributed by atoms with Gasteiger partial charge >= 0.3 is 0 Å². The minimum Gasteiger partial charge on any atom is -0.492 e. The molecule has 2 N–H and O–H groups in total. The lowest BCUT2D eigenvalue weighted by Gasteiger charge is -2.10. The monoisotopic (exact) mass is 411 g/mol. The summed E-state index contributed by atoms with van der Waals surface area (Å²) in [5, 5.41) is 6.58. The Morgan fingerprint density at radius 2 is 1.77 bits per heavy atom. The number of pyridine rings is 1. The third-order valence-corrected chi connectivity index (χ3v) is 4.51. The Balaban J connectivity index is 1.66. The molecule has 0 bridgehead atoms. The first kappa shape index (κ1) is 18.4. The second-order valence-corrected chi connectivity index (χ2v) is 6.59. The van der Waals surface area contributed by atoms with Crippen LogP contribution < -0.4 is 15.4 Å². The largest absolute Gasteiger partial charge is 0.492 e. The summed E-state index contributed by atoms with van der Waals surface area (Å²) in [4.78, 5) is 4.71. The van der Waals surface area contributed by atoms with E-state index in [1.54, 1.807) is 0 Å². The van der Waals surface area contributed by atoms with Crippen LogP contribution in [0.5, 0.6) is 5.75 Å². The first-order valence-electron chi connectivity index (χ1n) is 8.69. The van der Waals surface area contributed by atoms with E-state index in [4.69, 9.17) is 9.72 Å². The van der Waals surface area contributed by atoms with Gasteiger partial charge < -0.3 is 15.4 Å². The quantitative estimate of drug-likeness (QED) is 0.497. The summed E-state index contributed by atoms with van der Waals surface area (Å²) in [5.41, 5.74) is 2.97. The third-order valence-electron chi connectivity index (χ3n) is 3.82. The van der Waals surface area contributed by atoms with Gasteiger partial charge in [0.2, 0.25) is 0 Å². The molecule has 0 radical (unpaired) electrons. The van der Waals surface area contributed by atoms with E-state index >= 15 is 0 Å². The van der Waals surface area contributed by atoms with Crippen LogP contribution in [0.3, 0.4) is 0 Å². The lowest BCUT2D eigenvalue weighted by molar-refractivity contribution is 0.315. The maximum absolute atomic E-state index is 5.69. The smallest absolute Gasteiger partial charge is 0.131 e. The lowest BCUT2D eigenvalue weighted by Crippen LogP contribution is -2.20.